The molecule has 0 fully saturated rings. The Balaban J connectivity index is 3.92. The molecule has 0 aromatic heterocycles. The molecule has 0 amide bonds. The number of nitrogens with zero attached hydrogens (tertiary/aromatic N) is 1. The first-order valence-corrected chi connectivity index (χ1v) is 2.25. The van der Waals surface area contributed by atoms with Crippen molar-refractivity contribution in [1.82, 2.24) is 5.32 Å². The predicted octanol–water partition coefficient (Wildman–Crippen LogP) is 0.799. The van der Waals surface area contributed by atoms with Crippen LogP contribution in [0.25, 0.3) is 0 Å². The average molecular weight is 108 g/mol. The van der Waals surface area contributed by atoms with Gasteiger partial charge < -0.3 is 5.32 Å². The highest BCUT2D eigenvalue weighted by Crippen LogP contribution is 1.87. The van der Waals surface area contributed by atoms with Crippen molar-refractivity contribution in [2.24, 2.45) is 0 Å². The number of nitriles is 1. The third-order valence-corrected chi connectivity index (χ3v) is 0.649. The van der Waals surface area contributed by atoms with Gasteiger partial charge in [0.15, 0.2) is 0 Å². The van der Waals surface area contributed by atoms with Gasteiger partial charge in [0, 0.05) is 13.2 Å². The molecule has 0 unspecified atom stereocenters. The fourth-order valence-corrected chi connectivity index (χ4v) is 0.292. The summed E-state index contributed by atoms with van der Waals surface area (Å²) in [4.78, 5) is 0. The topological polar surface area (TPSA) is 35.8 Å². The van der Waals surface area contributed by atoms with E-state index >= 15 is 0 Å². The van der Waals surface area contributed by atoms with Gasteiger partial charge >= 0.3 is 0 Å². The number of hydrogen-bond acceptors (Lipinski definition) is 2. The van der Waals surface area contributed by atoms with Gasteiger partial charge in [-0.15, -0.1) is 0 Å². The van der Waals surface area contributed by atoms with Crippen LogP contribution in [-0.4, -0.2) is 7.05 Å². The van der Waals surface area contributed by atoms with E-state index in [1.807, 2.05) is 6.07 Å². The summed E-state index contributed by atoms with van der Waals surface area (Å²) in [5.74, 6) is 0. The maximum absolute atomic E-state index is 8.23. The second kappa shape index (κ2) is 3.94. The summed E-state index contributed by atoms with van der Waals surface area (Å²) >= 11 is 0. The molecule has 8 heavy (non-hydrogen) atoms. The minimum Gasteiger partial charge on any atom is -0.393 e. The van der Waals surface area contributed by atoms with Crippen LogP contribution in [0.2, 0.25) is 0 Å². The second-order valence-corrected chi connectivity index (χ2v) is 1.20. The van der Waals surface area contributed by atoms with Crippen LogP contribution in [0.3, 0.4) is 0 Å². The van der Waals surface area contributed by atoms with E-state index in [0.717, 1.165) is 0 Å². The first-order valence-electron chi connectivity index (χ1n) is 2.25. The Kier molecular flexibility index (Phi) is 3.34. The van der Waals surface area contributed by atoms with Crippen molar-refractivity contribution < 1.29 is 0 Å². The molecule has 2 heteroatoms. The van der Waals surface area contributed by atoms with E-state index in [1.54, 1.807) is 13.2 Å². The lowest BCUT2D eigenvalue weighted by Crippen LogP contribution is -1.93. The van der Waals surface area contributed by atoms with E-state index in [9.17, 15) is 0 Å². The van der Waals surface area contributed by atoms with E-state index in [1.165, 1.54) is 6.08 Å². The van der Waals surface area contributed by atoms with E-state index in [-0.39, 0.29) is 0 Å². The summed E-state index contributed by atoms with van der Waals surface area (Å²) < 4.78 is 0. The van der Waals surface area contributed by atoms with Crippen LogP contribution in [0.15, 0.2) is 24.4 Å². The molecule has 0 spiro atoms. The first kappa shape index (κ1) is 6.77. The van der Waals surface area contributed by atoms with Crippen LogP contribution in [-0.2, 0) is 0 Å². The molecule has 0 saturated heterocycles. The highest BCUT2D eigenvalue weighted by Gasteiger charge is 1.79. The molecule has 0 aromatic rings. The van der Waals surface area contributed by atoms with Crippen molar-refractivity contribution in [3.63, 3.8) is 0 Å². The van der Waals surface area contributed by atoms with Crippen molar-refractivity contribution >= 4 is 0 Å². The highest BCUT2D eigenvalue weighted by molar-refractivity contribution is 5.30. The lowest BCUT2D eigenvalue weighted by atomic mass is 10.3. The minimum absolute atomic E-state index is 0.549. The fourth-order valence-electron chi connectivity index (χ4n) is 0.292. The van der Waals surface area contributed by atoms with E-state index < -0.39 is 0 Å². The second-order valence-electron chi connectivity index (χ2n) is 1.20. The molecule has 0 heterocycles. The van der Waals surface area contributed by atoms with Crippen LogP contribution in [0.1, 0.15) is 0 Å². The number of nitrogens with one attached hydrogen (secondary N) is 1. The molecule has 0 aromatic carbocycles. The van der Waals surface area contributed by atoms with Gasteiger partial charge in [0.1, 0.15) is 6.07 Å². The lowest BCUT2D eigenvalue weighted by Gasteiger charge is -1.84. The molecule has 2 nitrogen and oxygen atoms in total. The Morgan fingerprint density at radius 2 is 2.50 bits per heavy atom. The average Bonchev–Trinajstić information content (AvgIpc) is 1.83. The van der Waals surface area contributed by atoms with Crippen molar-refractivity contribution in [3.8, 4) is 6.07 Å². The Labute approximate surface area is 49.1 Å². The summed E-state index contributed by atoms with van der Waals surface area (Å²) in [5, 5.41) is 10.9. The van der Waals surface area contributed by atoms with Gasteiger partial charge in [-0.05, 0) is 0 Å². The Morgan fingerprint density at radius 1 is 1.88 bits per heavy atom. The molecule has 0 saturated carbocycles. The Bertz CT molecular complexity index is 139. The first-order chi connectivity index (χ1) is 3.85. The van der Waals surface area contributed by atoms with Crippen LogP contribution < -0.4 is 5.32 Å². The summed E-state index contributed by atoms with van der Waals surface area (Å²) in [6, 6.07) is 1.93. The lowest BCUT2D eigenvalue weighted by molar-refractivity contribution is 1.09. The largest absolute Gasteiger partial charge is 0.393 e. The van der Waals surface area contributed by atoms with E-state index in [4.69, 9.17) is 5.26 Å². The highest BCUT2D eigenvalue weighted by atomic mass is 14.8. The quantitative estimate of drug-likeness (QED) is 0.419. The predicted molar refractivity (Wildman–Crippen MR) is 33.0 cm³/mol. The summed E-state index contributed by atoms with van der Waals surface area (Å²) in [5.41, 5.74) is 0.549. The molecule has 0 aliphatic carbocycles. The molecular formula is C6H8N2. The normalized spacial score (nSPS) is 9.75. The van der Waals surface area contributed by atoms with Gasteiger partial charge in [-0.2, -0.15) is 5.26 Å². The van der Waals surface area contributed by atoms with E-state index in [2.05, 4.69) is 11.9 Å². The molecule has 0 aliphatic heterocycles. The van der Waals surface area contributed by atoms with Crippen molar-refractivity contribution in [2.75, 3.05) is 7.05 Å². The van der Waals surface area contributed by atoms with Crippen molar-refractivity contribution in [1.29, 1.82) is 5.26 Å². The molecule has 0 radical (unpaired) electrons. The zero-order valence-electron chi connectivity index (χ0n) is 4.81. The van der Waals surface area contributed by atoms with Gasteiger partial charge in [-0.1, -0.05) is 12.7 Å². The number of rotatable bonds is 2. The van der Waals surface area contributed by atoms with Crippen LogP contribution in [0.4, 0.5) is 0 Å². The Hall–Kier alpha value is -1.23. The zero-order valence-corrected chi connectivity index (χ0v) is 4.81. The molecule has 1 N–H and O–H groups in total. The molecular weight excluding hydrogens is 100 g/mol. The molecule has 0 atom stereocenters. The minimum atomic E-state index is 0.549. The third kappa shape index (κ3) is 2.04. The van der Waals surface area contributed by atoms with Crippen molar-refractivity contribution in [2.45, 2.75) is 0 Å². The number of allylic oxidation sites excluding steroid dienone is 2. The maximum Gasteiger partial charge on any atom is 0.101 e. The SMILES string of the molecule is C=C/C(C#N)=C\NC. The van der Waals surface area contributed by atoms with Gasteiger partial charge in [0.2, 0.25) is 0 Å². The fraction of sp³-hybridized carbons (Fsp3) is 0.167. The number of hydrogen-bond donors (Lipinski definition) is 1. The van der Waals surface area contributed by atoms with Crippen LogP contribution in [0.5, 0.6) is 0 Å². The van der Waals surface area contributed by atoms with Gasteiger partial charge in [0.05, 0.1) is 5.57 Å². The molecule has 42 valence electrons. The summed E-state index contributed by atoms with van der Waals surface area (Å²) in [6.45, 7) is 3.42. The molecule has 0 rings (SSSR count). The Morgan fingerprint density at radius 3 is 2.62 bits per heavy atom. The molecule has 0 bridgehead atoms. The van der Waals surface area contributed by atoms with Crippen LogP contribution in [0, 0.1) is 11.3 Å². The monoisotopic (exact) mass is 108 g/mol. The van der Waals surface area contributed by atoms with Gasteiger partial charge in [-0.25, -0.2) is 0 Å². The zero-order chi connectivity index (χ0) is 6.41. The standard InChI is InChI=1S/C6H8N2/c1-3-6(4-7)5-8-2/h3,5,8H,1H2,2H3/b6-5+. The smallest absolute Gasteiger partial charge is 0.101 e. The molecule has 0 aliphatic rings. The van der Waals surface area contributed by atoms with E-state index in [0.29, 0.717) is 5.57 Å². The summed E-state index contributed by atoms with van der Waals surface area (Å²) in [6.07, 6.45) is 3.09. The van der Waals surface area contributed by atoms with Crippen LogP contribution >= 0.6 is 0 Å². The third-order valence-electron chi connectivity index (χ3n) is 0.649. The van der Waals surface area contributed by atoms with Gasteiger partial charge in [-0.3, -0.25) is 0 Å². The van der Waals surface area contributed by atoms with Gasteiger partial charge in [0.25, 0.3) is 0 Å². The van der Waals surface area contributed by atoms with Crippen molar-refractivity contribution in [3.05, 3.63) is 24.4 Å². The summed E-state index contributed by atoms with van der Waals surface area (Å²) in [7, 11) is 1.74. The maximum atomic E-state index is 8.23.